The molecule has 12 aromatic rings. The fourth-order valence-electron chi connectivity index (χ4n) is 11.6. The Kier molecular flexibility index (Phi) is 19.1. The van der Waals surface area contributed by atoms with E-state index in [1.54, 1.807) is 51.5 Å². The van der Waals surface area contributed by atoms with Gasteiger partial charge in [0.05, 0.1) is 70.6 Å². The highest BCUT2D eigenvalue weighted by atomic mass is 16.5. The van der Waals surface area contributed by atoms with Gasteiger partial charge in [-0.15, -0.1) is 0 Å². The summed E-state index contributed by atoms with van der Waals surface area (Å²) in [6.45, 7) is 4.80. The van der Waals surface area contributed by atoms with Gasteiger partial charge in [0.15, 0.2) is 28.4 Å². The Morgan fingerprint density at radius 2 is 1.19 bits per heavy atom. The summed E-state index contributed by atoms with van der Waals surface area (Å²) < 4.78 is 16.2. The zero-order valence-corrected chi connectivity index (χ0v) is 49.8. The highest BCUT2D eigenvalue weighted by molar-refractivity contribution is 5.93. The van der Waals surface area contributed by atoms with E-state index < -0.39 is 5.91 Å². The SMILES string of the molecule is C.CC[C@H](Nc1ncnc2c1ncn2C1CCCCO1)c1nc2cccc(CCc3ccc(C(=O)OC)cc3)c2c(=O)n1-c1ccccc1.CC[C@H](Nc1ncnc2nc[nH]c12)c1nc2cccc(CCc3ccc(C(=O)NO)cc3)c2c(=O)n1-c1ccccc1. The lowest BCUT2D eigenvalue weighted by Gasteiger charge is -2.24. The number of amides is 1. The molecular formula is C69H69N15O7. The van der Waals surface area contributed by atoms with Gasteiger partial charge in [0.2, 0.25) is 0 Å². The lowest BCUT2D eigenvalue weighted by molar-refractivity contribution is -0.0298. The van der Waals surface area contributed by atoms with E-state index in [-0.39, 0.29) is 42.8 Å². The van der Waals surface area contributed by atoms with Gasteiger partial charge >= 0.3 is 5.97 Å². The first-order chi connectivity index (χ1) is 44.1. The molecule has 0 radical (unpaired) electrons. The third kappa shape index (κ3) is 13.0. The maximum absolute atomic E-state index is 14.6. The number of H-pyrrole nitrogens is 1. The van der Waals surface area contributed by atoms with Crippen molar-refractivity contribution in [2.75, 3.05) is 24.4 Å². The number of carbonyl (C=O) groups is 2. The monoisotopic (exact) mass is 1220 g/mol. The summed E-state index contributed by atoms with van der Waals surface area (Å²) in [4.78, 5) is 92.4. The van der Waals surface area contributed by atoms with Crippen LogP contribution in [0, 0.1) is 0 Å². The summed E-state index contributed by atoms with van der Waals surface area (Å²) in [6.07, 6.45) is 13.1. The Morgan fingerprint density at radius 3 is 1.73 bits per heavy atom. The van der Waals surface area contributed by atoms with Crippen molar-refractivity contribution in [2.24, 2.45) is 0 Å². The van der Waals surface area contributed by atoms with E-state index in [1.165, 1.54) is 19.8 Å². The van der Waals surface area contributed by atoms with E-state index in [0.29, 0.717) is 123 Å². The van der Waals surface area contributed by atoms with E-state index in [1.807, 2.05) is 133 Å². The van der Waals surface area contributed by atoms with Crippen molar-refractivity contribution in [3.63, 3.8) is 0 Å². The van der Waals surface area contributed by atoms with Gasteiger partial charge < -0.3 is 25.1 Å². The average Bonchev–Trinajstić information content (AvgIpc) is 1.28. The molecule has 1 aliphatic heterocycles. The maximum atomic E-state index is 14.6. The fourth-order valence-corrected chi connectivity index (χ4v) is 11.6. The standard InChI is InChI=1S/C37H37N7O4.C31H28N8O3.CH4/c1-3-28(41-33-32-35(39-22-38-33)43(23-40-32)30-14-7-8-21-48-30)34-42-29-13-9-10-25(18-15-24-16-19-26(20-17-24)37(46)47-2)31(29)36(45)44(34)27-11-5-4-6-12-27;1-2-23(36-28-26-27(33-17-32-26)34-18-35-28)29-37-24-10-6-7-20(14-11-19-12-15-21(16-13-19)30(40)38-42)25(24)31(41)39(29)22-8-4-3-5-9-22;/h4-6,9-13,16-17,19-20,22-23,28,30H,3,7-8,14-15,18,21H2,1-2H3,(H,38,39,41);3-10,12-13,15-18,23,42H,2,11,14H2,1H3,(H,38,40)(H2,32,33,34,35,36);1H4/t28-,30?;23-;/m00./s1. The molecule has 462 valence electrons. The van der Waals surface area contributed by atoms with Crippen LogP contribution < -0.4 is 27.2 Å². The number of rotatable bonds is 19. The summed E-state index contributed by atoms with van der Waals surface area (Å²) in [5, 5.41) is 17.0. The number of benzene rings is 6. The number of hydrogen-bond donors (Lipinski definition) is 5. The number of methoxy groups -OCH3 is 1. The topological polar surface area (TPSA) is 277 Å². The molecule has 7 heterocycles. The van der Waals surface area contributed by atoms with Crippen LogP contribution >= 0.6 is 0 Å². The van der Waals surface area contributed by atoms with Crippen LogP contribution in [-0.4, -0.2) is 89.4 Å². The molecule has 13 rings (SSSR count). The van der Waals surface area contributed by atoms with Gasteiger partial charge in [0.25, 0.3) is 17.0 Å². The molecule has 91 heavy (non-hydrogen) atoms. The van der Waals surface area contributed by atoms with E-state index in [0.717, 1.165) is 53.8 Å². The zero-order valence-electron chi connectivity index (χ0n) is 49.8. The number of aromatic amines is 1. The van der Waals surface area contributed by atoms with Crippen molar-refractivity contribution in [1.82, 2.24) is 64.0 Å². The molecule has 0 aliphatic carbocycles. The molecule has 1 fully saturated rings. The Balaban J connectivity index is 0.000000186. The van der Waals surface area contributed by atoms with Crippen molar-refractivity contribution in [3.05, 3.63) is 237 Å². The maximum Gasteiger partial charge on any atom is 0.337 e. The van der Waals surface area contributed by atoms with Gasteiger partial charge in [0.1, 0.15) is 36.0 Å². The second kappa shape index (κ2) is 28.1. The van der Waals surface area contributed by atoms with Gasteiger partial charge in [-0.05, 0) is 141 Å². The summed E-state index contributed by atoms with van der Waals surface area (Å²) in [7, 11) is 1.37. The van der Waals surface area contributed by atoms with Crippen molar-refractivity contribution in [1.29, 1.82) is 0 Å². The Bertz CT molecular complexity index is 4650. The third-order valence-electron chi connectivity index (χ3n) is 16.2. The first-order valence-electron chi connectivity index (χ1n) is 30.0. The van der Waals surface area contributed by atoms with E-state index in [4.69, 9.17) is 24.6 Å². The third-order valence-corrected chi connectivity index (χ3v) is 16.2. The van der Waals surface area contributed by atoms with E-state index in [2.05, 4.69) is 52.4 Å². The predicted molar refractivity (Wildman–Crippen MR) is 349 cm³/mol. The Morgan fingerprint density at radius 1 is 0.637 bits per heavy atom. The molecule has 6 aromatic carbocycles. The Hall–Kier alpha value is -10.8. The highest BCUT2D eigenvalue weighted by Crippen LogP contribution is 2.32. The van der Waals surface area contributed by atoms with Crippen LogP contribution in [0.25, 0.3) is 55.5 Å². The second-order valence-electron chi connectivity index (χ2n) is 21.7. The number of hydrogen-bond acceptors (Lipinski definition) is 17. The highest BCUT2D eigenvalue weighted by Gasteiger charge is 2.27. The molecule has 1 unspecified atom stereocenters. The molecule has 6 aromatic heterocycles. The second-order valence-corrected chi connectivity index (χ2v) is 21.7. The number of imidazole rings is 2. The number of ether oxygens (including phenoxy) is 2. The summed E-state index contributed by atoms with van der Waals surface area (Å²) in [5.41, 5.74) is 11.3. The first-order valence-corrected chi connectivity index (χ1v) is 30.0. The number of esters is 1. The number of hydroxylamine groups is 1. The van der Waals surface area contributed by atoms with Gasteiger partial charge in [-0.25, -0.2) is 50.1 Å². The summed E-state index contributed by atoms with van der Waals surface area (Å²) >= 11 is 0. The van der Waals surface area contributed by atoms with Crippen LogP contribution in [0.15, 0.2) is 180 Å². The average molecular weight is 1220 g/mol. The van der Waals surface area contributed by atoms with Crippen molar-refractivity contribution < 1.29 is 24.3 Å². The van der Waals surface area contributed by atoms with Gasteiger partial charge in [-0.2, -0.15) is 0 Å². The molecule has 1 saturated heterocycles. The number of fused-ring (bicyclic) bond motifs is 4. The number of carbonyl (C=O) groups excluding carboxylic acids is 2. The first kappa shape index (κ1) is 61.8. The normalized spacial score (nSPS) is 13.6. The lowest BCUT2D eigenvalue weighted by Crippen LogP contribution is -2.29. The van der Waals surface area contributed by atoms with Crippen molar-refractivity contribution in [2.45, 2.75) is 97.4 Å². The van der Waals surface area contributed by atoms with Crippen LogP contribution in [0.2, 0.25) is 0 Å². The number of aryl methyl sites for hydroxylation is 4. The smallest absolute Gasteiger partial charge is 0.337 e. The minimum absolute atomic E-state index is 0. The molecule has 0 bridgehead atoms. The fraction of sp³-hybridized carbons (Fsp3) is 0.246. The number of para-hydroxylation sites is 2. The largest absolute Gasteiger partial charge is 0.465 e. The lowest BCUT2D eigenvalue weighted by atomic mass is 10.00. The minimum atomic E-state index is -0.562. The molecule has 22 heteroatoms. The summed E-state index contributed by atoms with van der Waals surface area (Å²) in [6, 6.07) is 44.3. The van der Waals surface area contributed by atoms with Crippen LogP contribution in [0.5, 0.6) is 0 Å². The molecule has 1 amide bonds. The molecule has 0 spiro atoms. The molecule has 22 nitrogen and oxygen atoms in total. The van der Waals surface area contributed by atoms with E-state index in [9.17, 15) is 19.2 Å². The van der Waals surface area contributed by atoms with Crippen LogP contribution in [0.1, 0.15) is 126 Å². The van der Waals surface area contributed by atoms with E-state index >= 15 is 0 Å². The van der Waals surface area contributed by atoms with Gasteiger partial charge in [-0.3, -0.25) is 33.3 Å². The minimum Gasteiger partial charge on any atom is -0.465 e. The van der Waals surface area contributed by atoms with Gasteiger partial charge in [-0.1, -0.05) is 106 Å². The van der Waals surface area contributed by atoms with Crippen LogP contribution in [-0.2, 0) is 35.2 Å². The quantitative estimate of drug-likeness (QED) is 0.0286. The molecule has 0 saturated carbocycles. The van der Waals surface area contributed by atoms with Crippen molar-refractivity contribution >= 4 is 67.6 Å². The number of anilines is 2. The van der Waals surface area contributed by atoms with Crippen LogP contribution in [0.3, 0.4) is 0 Å². The number of aromatic nitrogens is 12. The molecule has 3 atom stereocenters. The Labute approximate surface area is 523 Å². The molecule has 1 aliphatic rings. The summed E-state index contributed by atoms with van der Waals surface area (Å²) in [5.74, 6) is 1.37. The molecule has 5 N–H and O–H groups in total. The zero-order chi connectivity index (χ0) is 62.1. The van der Waals surface area contributed by atoms with Crippen LogP contribution in [0.4, 0.5) is 11.6 Å². The number of nitrogens with zero attached hydrogens (tertiary/aromatic N) is 11. The van der Waals surface area contributed by atoms with Gasteiger partial charge in [0, 0.05) is 12.2 Å². The predicted octanol–water partition coefficient (Wildman–Crippen LogP) is 11.5. The van der Waals surface area contributed by atoms with Crippen molar-refractivity contribution in [3.8, 4) is 11.4 Å². The number of nitrogens with one attached hydrogen (secondary N) is 4. The molecular weight excluding hydrogens is 1150 g/mol.